The molecule has 4 aromatic carbocycles. The Balaban J connectivity index is 0.000000268. The molecule has 0 aliphatic heterocycles. The Kier molecular flexibility index (Phi) is 12.4. The first-order valence-electron chi connectivity index (χ1n) is 13.3. The fourth-order valence-electron chi connectivity index (χ4n) is 3.82. The molecule has 0 saturated carbocycles. The minimum absolute atomic E-state index is 0.00662. The Morgan fingerprint density at radius 2 is 1.05 bits per heavy atom. The van der Waals surface area contributed by atoms with E-state index in [-0.39, 0.29) is 29.5 Å². The Bertz CT molecular complexity index is 1530. The van der Waals surface area contributed by atoms with Gasteiger partial charge >= 0.3 is 0 Å². The topological polar surface area (TPSA) is 102 Å². The Labute approximate surface area is 251 Å². The van der Waals surface area contributed by atoms with Crippen molar-refractivity contribution in [2.75, 3.05) is 21.3 Å². The van der Waals surface area contributed by atoms with Crippen LogP contribution in [0.25, 0.3) is 24.3 Å². The van der Waals surface area contributed by atoms with Crippen molar-refractivity contribution < 1.29 is 34.0 Å². The monoisotopic (exact) mass is 578 g/mol. The molecule has 0 saturated heterocycles. The summed E-state index contributed by atoms with van der Waals surface area (Å²) in [6, 6.07) is 27.5. The molecular weight excluding hydrogens is 544 g/mol. The Morgan fingerprint density at radius 3 is 1.56 bits per heavy atom. The number of para-hydroxylation sites is 1. The van der Waals surface area contributed by atoms with Crippen LogP contribution in [0.1, 0.15) is 28.7 Å². The van der Waals surface area contributed by atoms with Crippen LogP contribution >= 0.6 is 0 Å². The number of hydrogen-bond acceptors (Lipinski definition) is 7. The molecule has 0 aliphatic carbocycles. The van der Waals surface area contributed by atoms with Gasteiger partial charge in [-0.05, 0) is 59.2 Å². The highest BCUT2D eigenvalue weighted by molar-refractivity contribution is 6.10. The van der Waals surface area contributed by atoms with Crippen molar-refractivity contribution in [1.82, 2.24) is 0 Å². The molecule has 0 aliphatic rings. The number of ether oxygens (including phenoxy) is 3. The number of allylic oxidation sites excluding steroid dienone is 2. The van der Waals surface area contributed by atoms with E-state index in [9.17, 15) is 19.8 Å². The number of hydrogen-bond donors (Lipinski definition) is 2. The standard InChI is InChI=1S/C21H20O6.C15H14O/c1-26-20-11-14(5-9-18(20)24)3-7-16(22)13-17(23)8-4-15-6-10-19(25)21(12-15)27-2;1-16-15-10-6-5-9-14(15)12-11-13-7-3-2-4-8-13/h3-12,24-25H,13H2,1-2H3;2-12H,1H3. The van der Waals surface area contributed by atoms with Crippen LogP contribution < -0.4 is 14.2 Å². The first-order valence-corrected chi connectivity index (χ1v) is 13.3. The second-order valence-electron chi connectivity index (χ2n) is 9.12. The van der Waals surface area contributed by atoms with E-state index < -0.39 is 0 Å². The molecule has 43 heavy (non-hydrogen) atoms. The van der Waals surface area contributed by atoms with Crippen molar-refractivity contribution in [3.63, 3.8) is 0 Å². The first kappa shape index (κ1) is 32.0. The van der Waals surface area contributed by atoms with E-state index in [2.05, 4.69) is 24.3 Å². The predicted octanol–water partition coefficient (Wildman–Crippen LogP) is 7.24. The Morgan fingerprint density at radius 1 is 0.558 bits per heavy atom. The van der Waals surface area contributed by atoms with Crippen molar-refractivity contribution in [1.29, 1.82) is 0 Å². The maximum absolute atomic E-state index is 11.9. The molecular formula is C36H34O7. The molecule has 0 radical (unpaired) electrons. The van der Waals surface area contributed by atoms with Gasteiger partial charge in [-0.15, -0.1) is 0 Å². The van der Waals surface area contributed by atoms with Gasteiger partial charge in [-0.1, -0.05) is 85.0 Å². The minimum Gasteiger partial charge on any atom is -0.504 e. The Hall–Kier alpha value is -5.56. The molecule has 0 amide bonds. The normalized spacial score (nSPS) is 10.9. The lowest BCUT2D eigenvalue weighted by atomic mass is 10.1. The van der Waals surface area contributed by atoms with Crippen LogP contribution in [-0.2, 0) is 9.59 Å². The lowest BCUT2D eigenvalue weighted by Crippen LogP contribution is -2.01. The van der Waals surface area contributed by atoms with E-state index >= 15 is 0 Å². The van der Waals surface area contributed by atoms with Crippen LogP contribution in [0.4, 0.5) is 0 Å². The molecule has 0 aromatic heterocycles. The molecule has 2 N–H and O–H groups in total. The highest BCUT2D eigenvalue weighted by Crippen LogP contribution is 2.27. The fraction of sp³-hybridized carbons (Fsp3) is 0.111. The number of phenolic OH excluding ortho intramolecular Hbond substituents is 2. The number of aromatic hydroxyl groups is 2. The average molecular weight is 579 g/mol. The van der Waals surface area contributed by atoms with Crippen molar-refractivity contribution in [2.45, 2.75) is 6.42 Å². The highest BCUT2D eigenvalue weighted by atomic mass is 16.5. The zero-order valence-corrected chi connectivity index (χ0v) is 24.3. The zero-order chi connectivity index (χ0) is 31.0. The van der Waals surface area contributed by atoms with Crippen LogP contribution in [0, 0.1) is 0 Å². The van der Waals surface area contributed by atoms with Crippen molar-refractivity contribution >= 4 is 35.9 Å². The number of benzene rings is 4. The summed E-state index contributed by atoms with van der Waals surface area (Å²) in [6.07, 6.45) is 9.59. The summed E-state index contributed by atoms with van der Waals surface area (Å²) in [5, 5.41) is 19.1. The fourth-order valence-corrected chi connectivity index (χ4v) is 3.82. The second-order valence-corrected chi connectivity index (χ2v) is 9.12. The van der Waals surface area contributed by atoms with Gasteiger partial charge < -0.3 is 24.4 Å². The largest absolute Gasteiger partial charge is 0.504 e. The molecule has 4 rings (SSSR count). The molecule has 0 bridgehead atoms. The molecule has 0 unspecified atom stereocenters. The molecule has 0 spiro atoms. The van der Waals surface area contributed by atoms with Gasteiger partial charge in [0.25, 0.3) is 0 Å². The second kappa shape index (κ2) is 16.6. The van der Waals surface area contributed by atoms with E-state index in [1.165, 1.54) is 44.1 Å². The van der Waals surface area contributed by atoms with Gasteiger partial charge in [0.15, 0.2) is 34.6 Å². The summed E-state index contributed by atoms with van der Waals surface area (Å²) in [5.74, 6) is 0.815. The zero-order valence-electron chi connectivity index (χ0n) is 24.3. The third kappa shape index (κ3) is 10.4. The molecule has 0 atom stereocenters. The average Bonchev–Trinajstić information content (AvgIpc) is 3.04. The number of methoxy groups -OCH3 is 3. The summed E-state index contributed by atoms with van der Waals surface area (Å²) in [4.78, 5) is 23.9. The predicted molar refractivity (Wildman–Crippen MR) is 170 cm³/mol. The van der Waals surface area contributed by atoms with Crippen molar-refractivity contribution in [3.05, 3.63) is 125 Å². The van der Waals surface area contributed by atoms with Gasteiger partial charge in [0.05, 0.1) is 27.8 Å². The summed E-state index contributed by atoms with van der Waals surface area (Å²) in [6.45, 7) is 0. The summed E-state index contributed by atoms with van der Waals surface area (Å²) >= 11 is 0. The lowest BCUT2D eigenvalue weighted by Gasteiger charge is -2.03. The minimum atomic E-state index is -0.347. The molecule has 7 nitrogen and oxygen atoms in total. The van der Waals surface area contributed by atoms with E-state index in [4.69, 9.17) is 14.2 Å². The third-order valence-electron chi connectivity index (χ3n) is 6.07. The van der Waals surface area contributed by atoms with Crippen LogP contribution in [0.2, 0.25) is 0 Å². The van der Waals surface area contributed by atoms with E-state index in [1.54, 1.807) is 43.5 Å². The SMILES string of the molecule is COc1cc(C=CC(=O)CC(=O)C=Cc2ccc(O)c(OC)c2)ccc1O.COc1ccccc1C=Cc1ccccc1. The van der Waals surface area contributed by atoms with Crippen LogP contribution in [0.15, 0.2) is 103 Å². The molecule has 220 valence electrons. The van der Waals surface area contributed by atoms with Gasteiger partial charge in [0.2, 0.25) is 0 Å². The van der Waals surface area contributed by atoms with Crippen molar-refractivity contribution in [3.8, 4) is 28.7 Å². The van der Waals surface area contributed by atoms with E-state index in [0.29, 0.717) is 22.6 Å². The van der Waals surface area contributed by atoms with Gasteiger partial charge in [0.1, 0.15) is 5.75 Å². The van der Waals surface area contributed by atoms with E-state index in [0.717, 1.165) is 11.3 Å². The number of carbonyl (C=O) groups excluding carboxylic acids is 2. The van der Waals surface area contributed by atoms with E-state index in [1.807, 2.05) is 42.5 Å². The van der Waals surface area contributed by atoms with Gasteiger partial charge in [-0.2, -0.15) is 0 Å². The molecule has 4 aromatic rings. The molecule has 0 heterocycles. The number of ketones is 2. The van der Waals surface area contributed by atoms with Crippen LogP contribution in [0.5, 0.6) is 28.7 Å². The number of carbonyl (C=O) groups is 2. The van der Waals surface area contributed by atoms with Gasteiger partial charge in [-0.25, -0.2) is 0 Å². The quantitative estimate of drug-likeness (QED) is 0.110. The number of rotatable bonds is 11. The van der Waals surface area contributed by atoms with Gasteiger partial charge in [0, 0.05) is 5.56 Å². The highest BCUT2D eigenvalue weighted by Gasteiger charge is 2.06. The third-order valence-corrected chi connectivity index (χ3v) is 6.07. The summed E-state index contributed by atoms with van der Waals surface area (Å²) in [7, 11) is 4.56. The number of phenols is 2. The lowest BCUT2D eigenvalue weighted by molar-refractivity contribution is -0.121. The van der Waals surface area contributed by atoms with Crippen molar-refractivity contribution in [2.24, 2.45) is 0 Å². The molecule has 7 heteroatoms. The smallest absolute Gasteiger partial charge is 0.163 e. The maximum Gasteiger partial charge on any atom is 0.163 e. The summed E-state index contributed by atoms with van der Waals surface area (Å²) < 4.78 is 15.3. The summed E-state index contributed by atoms with van der Waals surface area (Å²) in [5.41, 5.74) is 3.61. The first-order chi connectivity index (χ1) is 20.8. The molecule has 0 fully saturated rings. The van der Waals surface area contributed by atoms with Gasteiger partial charge in [-0.3, -0.25) is 9.59 Å². The maximum atomic E-state index is 11.9. The van der Waals surface area contributed by atoms with Crippen LogP contribution in [0.3, 0.4) is 0 Å². The van der Waals surface area contributed by atoms with Crippen LogP contribution in [-0.4, -0.2) is 43.1 Å².